The summed E-state index contributed by atoms with van der Waals surface area (Å²) >= 11 is 0. The van der Waals surface area contributed by atoms with E-state index in [9.17, 15) is 23.1 Å². The molecular formula is C22H20N2O5S. The van der Waals surface area contributed by atoms with Gasteiger partial charge in [0.25, 0.3) is 0 Å². The molecule has 0 aromatic heterocycles. The van der Waals surface area contributed by atoms with Gasteiger partial charge in [-0.3, -0.25) is 9.52 Å². The van der Waals surface area contributed by atoms with Crippen molar-refractivity contribution in [2.45, 2.75) is 6.92 Å². The Bertz CT molecular complexity index is 1280. The summed E-state index contributed by atoms with van der Waals surface area (Å²) in [6, 6.07) is 17.6. The van der Waals surface area contributed by atoms with Crippen molar-refractivity contribution >= 4 is 49.6 Å². The number of carbonyl (C=O) groups excluding carboxylic acids is 1. The minimum atomic E-state index is -3.56. The van der Waals surface area contributed by atoms with Crippen LogP contribution >= 0.6 is 0 Å². The predicted molar refractivity (Wildman–Crippen MR) is 118 cm³/mol. The number of aromatic carboxylic acids is 1. The summed E-state index contributed by atoms with van der Waals surface area (Å²) in [6.07, 6.45) is 2.35. The Morgan fingerprint density at radius 3 is 2.33 bits per heavy atom. The van der Waals surface area contributed by atoms with E-state index in [1.54, 1.807) is 6.92 Å². The van der Waals surface area contributed by atoms with Crippen LogP contribution in [0, 0.1) is 0 Å². The van der Waals surface area contributed by atoms with Gasteiger partial charge in [0.2, 0.25) is 15.9 Å². The standard InChI is InChI=1S/C22H20N2O5S/c1-14(16-8-7-15-5-3-4-6-17(15)12-16)11-21(25)23-20-10-9-18(24-30(2,28)29)13-19(20)22(26)27/h3-13,24H,1-2H3,(H,23,25)(H,26,27)/b14-11-. The number of fused-ring (bicyclic) bond motifs is 1. The van der Waals surface area contributed by atoms with Crippen molar-refractivity contribution in [1.82, 2.24) is 0 Å². The van der Waals surface area contributed by atoms with Crippen molar-refractivity contribution in [3.63, 3.8) is 0 Å². The maximum Gasteiger partial charge on any atom is 0.337 e. The molecule has 0 aliphatic rings. The molecule has 30 heavy (non-hydrogen) atoms. The highest BCUT2D eigenvalue weighted by atomic mass is 32.2. The van der Waals surface area contributed by atoms with Gasteiger partial charge in [-0.2, -0.15) is 0 Å². The lowest BCUT2D eigenvalue weighted by Crippen LogP contribution is -2.14. The minimum Gasteiger partial charge on any atom is -0.478 e. The molecule has 0 spiro atoms. The molecule has 1 amide bonds. The molecule has 0 aliphatic heterocycles. The second kappa shape index (κ2) is 8.38. The van der Waals surface area contributed by atoms with Crippen LogP contribution in [0.1, 0.15) is 22.8 Å². The summed E-state index contributed by atoms with van der Waals surface area (Å²) in [5.74, 6) is -1.79. The number of carbonyl (C=O) groups is 2. The lowest BCUT2D eigenvalue weighted by molar-refractivity contribution is -0.111. The van der Waals surface area contributed by atoms with Gasteiger partial charge < -0.3 is 10.4 Å². The van der Waals surface area contributed by atoms with Gasteiger partial charge in [-0.15, -0.1) is 0 Å². The first-order chi connectivity index (χ1) is 14.1. The van der Waals surface area contributed by atoms with Crippen molar-refractivity contribution in [3.05, 3.63) is 77.9 Å². The van der Waals surface area contributed by atoms with Crippen molar-refractivity contribution in [2.24, 2.45) is 0 Å². The second-order valence-corrected chi connectivity index (χ2v) is 8.57. The molecule has 7 nitrogen and oxygen atoms in total. The number of hydrogen-bond acceptors (Lipinski definition) is 4. The molecule has 0 saturated carbocycles. The summed E-state index contributed by atoms with van der Waals surface area (Å²) in [5, 5.41) is 14.1. The van der Waals surface area contributed by atoms with E-state index in [0.29, 0.717) is 5.57 Å². The number of benzene rings is 3. The molecule has 3 N–H and O–H groups in total. The first-order valence-electron chi connectivity index (χ1n) is 8.96. The molecule has 3 aromatic carbocycles. The van der Waals surface area contributed by atoms with E-state index in [4.69, 9.17) is 0 Å². The smallest absolute Gasteiger partial charge is 0.337 e. The van der Waals surface area contributed by atoms with E-state index in [1.165, 1.54) is 18.2 Å². The molecule has 0 bridgehead atoms. The van der Waals surface area contributed by atoms with Crippen molar-refractivity contribution < 1.29 is 23.1 Å². The van der Waals surface area contributed by atoms with Gasteiger partial charge >= 0.3 is 5.97 Å². The highest BCUT2D eigenvalue weighted by molar-refractivity contribution is 7.92. The highest BCUT2D eigenvalue weighted by Gasteiger charge is 2.14. The first-order valence-corrected chi connectivity index (χ1v) is 10.8. The molecule has 0 saturated heterocycles. The van der Waals surface area contributed by atoms with Gasteiger partial charge in [-0.25, -0.2) is 13.2 Å². The molecule has 3 aromatic rings. The van der Waals surface area contributed by atoms with Crippen molar-refractivity contribution in [1.29, 1.82) is 0 Å². The molecule has 0 fully saturated rings. The van der Waals surface area contributed by atoms with Gasteiger partial charge in [-0.1, -0.05) is 36.4 Å². The van der Waals surface area contributed by atoms with Crippen LogP contribution in [0.3, 0.4) is 0 Å². The third kappa shape index (κ3) is 5.24. The summed E-state index contributed by atoms with van der Waals surface area (Å²) in [5.41, 5.74) is 1.51. The Kier molecular flexibility index (Phi) is 5.89. The van der Waals surface area contributed by atoms with E-state index in [-0.39, 0.29) is 16.9 Å². The molecule has 8 heteroatoms. The number of rotatable bonds is 6. The average molecular weight is 424 g/mol. The maximum absolute atomic E-state index is 12.5. The highest BCUT2D eigenvalue weighted by Crippen LogP contribution is 2.23. The molecule has 3 rings (SSSR count). The average Bonchev–Trinajstić information content (AvgIpc) is 2.67. The monoisotopic (exact) mass is 424 g/mol. The van der Waals surface area contributed by atoms with Crippen LogP contribution in [0.5, 0.6) is 0 Å². The number of nitrogens with one attached hydrogen (secondary N) is 2. The number of amides is 1. The third-order valence-electron chi connectivity index (χ3n) is 4.36. The number of sulfonamides is 1. The Hall–Kier alpha value is -3.65. The van der Waals surface area contributed by atoms with Crippen LogP contribution in [-0.2, 0) is 14.8 Å². The molecular weight excluding hydrogens is 404 g/mol. The van der Waals surface area contributed by atoms with Crippen molar-refractivity contribution in [2.75, 3.05) is 16.3 Å². The van der Waals surface area contributed by atoms with Gasteiger partial charge in [0, 0.05) is 11.8 Å². The fourth-order valence-electron chi connectivity index (χ4n) is 2.99. The Morgan fingerprint density at radius 1 is 0.967 bits per heavy atom. The Morgan fingerprint density at radius 2 is 1.67 bits per heavy atom. The fourth-order valence-corrected chi connectivity index (χ4v) is 3.55. The SMILES string of the molecule is C/C(=C/C(=O)Nc1ccc(NS(C)(=O)=O)cc1C(=O)O)c1ccc2ccccc2c1. The van der Waals surface area contributed by atoms with Gasteiger partial charge in [0.15, 0.2) is 0 Å². The van der Waals surface area contributed by atoms with E-state index in [0.717, 1.165) is 28.7 Å². The Balaban J connectivity index is 1.84. The first kappa shape index (κ1) is 21.1. The van der Waals surface area contributed by atoms with Crippen LogP contribution in [-0.4, -0.2) is 31.7 Å². The quantitative estimate of drug-likeness (QED) is 0.519. The lowest BCUT2D eigenvalue weighted by atomic mass is 10.0. The topological polar surface area (TPSA) is 113 Å². The molecule has 0 radical (unpaired) electrons. The lowest BCUT2D eigenvalue weighted by Gasteiger charge is -2.11. The number of allylic oxidation sites excluding steroid dienone is 1. The van der Waals surface area contributed by atoms with Crippen molar-refractivity contribution in [3.8, 4) is 0 Å². The van der Waals surface area contributed by atoms with Gasteiger partial charge in [-0.05, 0) is 53.1 Å². The number of anilines is 2. The van der Waals surface area contributed by atoms with E-state index >= 15 is 0 Å². The zero-order chi connectivity index (χ0) is 21.9. The molecule has 0 atom stereocenters. The van der Waals surface area contributed by atoms with Crippen LogP contribution in [0.25, 0.3) is 16.3 Å². The largest absolute Gasteiger partial charge is 0.478 e. The molecule has 0 heterocycles. The summed E-state index contributed by atoms with van der Waals surface area (Å²) in [4.78, 5) is 24.0. The fraction of sp³-hybridized carbons (Fsp3) is 0.0909. The number of hydrogen-bond donors (Lipinski definition) is 3. The predicted octanol–water partition coefficient (Wildman–Crippen LogP) is 3.95. The maximum atomic E-state index is 12.5. The van der Waals surface area contributed by atoms with E-state index in [2.05, 4.69) is 10.0 Å². The third-order valence-corrected chi connectivity index (χ3v) is 4.97. The Labute approximate surface area is 174 Å². The number of carboxylic acids is 1. The van der Waals surface area contributed by atoms with Crippen LogP contribution < -0.4 is 10.0 Å². The zero-order valence-electron chi connectivity index (χ0n) is 16.3. The molecule has 0 aliphatic carbocycles. The normalized spacial score (nSPS) is 11.9. The van der Waals surface area contributed by atoms with E-state index < -0.39 is 21.9 Å². The van der Waals surface area contributed by atoms with Crippen LogP contribution in [0.15, 0.2) is 66.7 Å². The molecule has 154 valence electrons. The second-order valence-electron chi connectivity index (χ2n) is 6.82. The minimum absolute atomic E-state index is 0.0640. The van der Waals surface area contributed by atoms with Gasteiger partial charge in [0.1, 0.15) is 0 Å². The van der Waals surface area contributed by atoms with Crippen LogP contribution in [0.4, 0.5) is 11.4 Å². The summed E-state index contributed by atoms with van der Waals surface area (Å²) in [7, 11) is -3.56. The molecule has 0 unspecified atom stereocenters. The van der Waals surface area contributed by atoms with E-state index in [1.807, 2.05) is 42.5 Å². The van der Waals surface area contributed by atoms with Gasteiger partial charge in [0.05, 0.1) is 17.5 Å². The summed E-state index contributed by atoms with van der Waals surface area (Å²) in [6.45, 7) is 1.79. The van der Waals surface area contributed by atoms with Crippen LogP contribution in [0.2, 0.25) is 0 Å². The zero-order valence-corrected chi connectivity index (χ0v) is 17.2. The summed E-state index contributed by atoms with van der Waals surface area (Å²) < 4.78 is 24.9. The number of carboxylic acid groups (broad SMARTS) is 1.